The van der Waals surface area contributed by atoms with E-state index in [0.717, 1.165) is 25.7 Å². The maximum absolute atomic E-state index is 12.4. The molecule has 60 heavy (non-hydrogen) atoms. The number of rotatable bonds is 53. The molecule has 0 aromatic rings. The van der Waals surface area contributed by atoms with Gasteiger partial charge in [0.05, 0.1) is 18.8 Å². The molecule has 0 aliphatic heterocycles. The van der Waals surface area contributed by atoms with Crippen molar-refractivity contribution in [2.75, 3.05) is 6.61 Å². The molecule has 0 aliphatic carbocycles. The smallest absolute Gasteiger partial charge is 0.220 e. The van der Waals surface area contributed by atoms with Crippen LogP contribution in [-0.4, -0.2) is 34.9 Å². The molecule has 0 spiro atoms. The molecule has 3 N–H and O–H groups in total. The fourth-order valence-electron chi connectivity index (χ4n) is 9.31. The van der Waals surface area contributed by atoms with Crippen molar-refractivity contribution in [3.05, 3.63) is 0 Å². The zero-order valence-corrected chi connectivity index (χ0v) is 41.5. The Balaban J connectivity index is 3.31. The summed E-state index contributed by atoms with van der Waals surface area (Å²) in [5.74, 6) is -0.0241. The molecule has 0 saturated carbocycles. The van der Waals surface area contributed by atoms with E-state index in [9.17, 15) is 15.0 Å². The molecule has 0 heterocycles. The van der Waals surface area contributed by atoms with Crippen LogP contribution in [0.15, 0.2) is 0 Å². The van der Waals surface area contributed by atoms with Crippen molar-refractivity contribution in [3.63, 3.8) is 0 Å². The average Bonchev–Trinajstić information content (AvgIpc) is 3.25. The fourth-order valence-corrected chi connectivity index (χ4v) is 9.31. The van der Waals surface area contributed by atoms with Crippen molar-refractivity contribution in [2.24, 2.45) is 0 Å². The first-order valence-electron chi connectivity index (χ1n) is 28.2. The molecule has 4 nitrogen and oxygen atoms in total. The molecule has 4 heteroatoms. The summed E-state index contributed by atoms with van der Waals surface area (Å²) >= 11 is 0. The van der Waals surface area contributed by atoms with Gasteiger partial charge in [0.1, 0.15) is 0 Å². The first-order valence-corrected chi connectivity index (χ1v) is 28.2. The Morgan fingerprint density at radius 1 is 0.333 bits per heavy atom. The molecule has 2 atom stereocenters. The van der Waals surface area contributed by atoms with E-state index in [0.29, 0.717) is 12.8 Å². The second-order valence-electron chi connectivity index (χ2n) is 19.7. The van der Waals surface area contributed by atoms with Gasteiger partial charge in [-0.1, -0.05) is 316 Å². The number of aliphatic hydroxyl groups excluding tert-OH is 2. The van der Waals surface area contributed by atoms with Gasteiger partial charge in [-0.15, -0.1) is 0 Å². The predicted molar refractivity (Wildman–Crippen MR) is 267 cm³/mol. The number of unbranched alkanes of at least 4 members (excludes halogenated alkanes) is 46. The molecule has 0 unspecified atom stereocenters. The largest absolute Gasteiger partial charge is 0.394 e. The predicted octanol–water partition coefficient (Wildman–Crippen LogP) is 18.4. The van der Waals surface area contributed by atoms with Gasteiger partial charge in [0.25, 0.3) is 0 Å². The van der Waals surface area contributed by atoms with Crippen molar-refractivity contribution in [1.82, 2.24) is 5.32 Å². The van der Waals surface area contributed by atoms with Crippen molar-refractivity contribution in [2.45, 2.75) is 347 Å². The van der Waals surface area contributed by atoms with E-state index in [1.54, 1.807) is 0 Å². The second kappa shape index (κ2) is 52.7. The zero-order valence-electron chi connectivity index (χ0n) is 41.5. The van der Waals surface area contributed by atoms with E-state index in [-0.39, 0.29) is 12.5 Å². The summed E-state index contributed by atoms with van der Waals surface area (Å²) in [4.78, 5) is 12.4. The molecule has 1 amide bonds. The number of amides is 1. The third-order valence-corrected chi connectivity index (χ3v) is 13.6. The van der Waals surface area contributed by atoms with Crippen LogP contribution in [0.25, 0.3) is 0 Å². The lowest BCUT2D eigenvalue weighted by Gasteiger charge is -2.22. The third kappa shape index (κ3) is 48.4. The molecule has 0 bridgehead atoms. The lowest BCUT2D eigenvalue weighted by atomic mass is 10.0. The van der Waals surface area contributed by atoms with Crippen LogP contribution < -0.4 is 5.32 Å². The van der Waals surface area contributed by atoms with Crippen LogP contribution in [0.3, 0.4) is 0 Å². The van der Waals surface area contributed by atoms with Gasteiger partial charge in [-0.05, 0) is 12.8 Å². The Labute approximate surface area is 378 Å². The monoisotopic (exact) mass is 848 g/mol. The number of hydrogen-bond donors (Lipinski definition) is 3. The fraction of sp³-hybridized carbons (Fsp3) is 0.982. The van der Waals surface area contributed by atoms with Crippen LogP contribution in [0.4, 0.5) is 0 Å². The van der Waals surface area contributed by atoms with E-state index in [1.807, 2.05) is 0 Å². The van der Waals surface area contributed by atoms with Gasteiger partial charge in [0.2, 0.25) is 5.91 Å². The van der Waals surface area contributed by atoms with E-state index < -0.39 is 12.1 Å². The van der Waals surface area contributed by atoms with Crippen molar-refractivity contribution in [1.29, 1.82) is 0 Å². The standard InChI is InChI=1S/C56H113NO3/c1-3-5-7-9-11-13-15-17-18-19-20-21-22-23-24-25-26-27-28-29-30-31-32-33-34-35-36-37-38-39-40-42-44-46-48-50-52-56(60)57-54(53-58)55(59)51-49-47-45-43-41-16-14-12-10-8-6-4-2/h54-55,58-59H,3-53H2,1-2H3,(H,57,60)/t54-,55+/m0/s1. The van der Waals surface area contributed by atoms with Gasteiger partial charge in [-0.2, -0.15) is 0 Å². The molecule has 0 aromatic heterocycles. The maximum Gasteiger partial charge on any atom is 0.220 e. The highest BCUT2D eigenvalue weighted by Gasteiger charge is 2.20. The summed E-state index contributed by atoms with van der Waals surface area (Å²) in [6.45, 7) is 4.39. The summed E-state index contributed by atoms with van der Waals surface area (Å²) in [6.07, 6.45) is 66.9. The quantitative estimate of drug-likeness (QED) is 0.0534. The van der Waals surface area contributed by atoms with Gasteiger partial charge in [-0.25, -0.2) is 0 Å². The minimum atomic E-state index is -0.653. The van der Waals surface area contributed by atoms with Crippen molar-refractivity contribution >= 4 is 5.91 Å². The number of hydrogen-bond acceptors (Lipinski definition) is 3. The number of aliphatic hydroxyl groups is 2. The summed E-state index contributed by atoms with van der Waals surface area (Å²) in [6, 6.07) is -0.530. The third-order valence-electron chi connectivity index (χ3n) is 13.6. The van der Waals surface area contributed by atoms with Crippen LogP contribution in [-0.2, 0) is 4.79 Å². The van der Waals surface area contributed by atoms with Crippen molar-refractivity contribution in [3.8, 4) is 0 Å². The van der Waals surface area contributed by atoms with Crippen LogP contribution in [0, 0.1) is 0 Å². The first-order chi connectivity index (χ1) is 29.7. The molecule has 0 radical (unpaired) electrons. The van der Waals surface area contributed by atoms with Crippen LogP contribution in [0.2, 0.25) is 0 Å². The molecular formula is C56H113NO3. The SMILES string of the molecule is CCCCCCCCCCCCCCCCCCCCCCCCCCCCCCCCCCCCCCC(=O)N[C@@H](CO)[C@H](O)CCCCCCCCCCCCCC. The lowest BCUT2D eigenvalue weighted by Crippen LogP contribution is -2.45. The minimum absolute atomic E-state index is 0.0241. The van der Waals surface area contributed by atoms with Crippen LogP contribution >= 0.6 is 0 Å². The van der Waals surface area contributed by atoms with Gasteiger partial charge >= 0.3 is 0 Å². The van der Waals surface area contributed by atoms with E-state index in [2.05, 4.69) is 19.2 Å². The van der Waals surface area contributed by atoms with Gasteiger partial charge < -0.3 is 15.5 Å². The highest BCUT2D eigenvalue weighted by Crippen LogP contribution is 2.18. The van der Waals surface area contributed by atoms with E-state index >= 15 is 0 Å². The summed E-state index contributed by atoms with van der Waals surface area (Å²) < 4.78 is 0. The van der Waals surface area contributed by atoms with E-state index in [4.69, 9.17) is 0 Å². The Bertz CT molecular complexity index is 788. The molecule has 0 aliphatic rings. The topological polar surface area (TPSA) is 69.6 Å². The lowest BCUT2D eigenvalue weighted by molar-refractivity contribution is -0.123. The Hall–Kier alpha value is -0.610. The van der Waals surface area contributed by atoms with Crippen molar-refractivity contribution < 1.29 is 15.0 Å². The molecule has 0 aromatic carbocycles. The number of nitrogens with one attached hydrogen (secondary N) is 1. The average molecular weight is 849 g/mol. The first kappa shape index (κ1) is 59.4. The summed E-state index contributed by atoms with van der Waals surface area (Å²) in [5, 5.41) is 23.2. The highest BCUT2D eigenvalue weighted by molar-refractivity contribution is 5.76. The van der Waals surface area contributed by atoms with Gasteiger partial charge in [-0.3, -0.25) is 4.79 Å². The minimum Gasteiger partial charge on any atom is -0.394 e. The van der Waals surface area contributed by atoms with E-state index in [1.165, 1.54) is 283 Å². The number of carbonyl (C=O) groups is 1. The molecule has 0 fully saturated rings. The van der Waals surface area contributed by atoms with Gasteiger partial charge in [0, 0.05) is 6.42 Å². The Kier molecular flexibility index (Phi) is 52.2. The van der Waals surface area contributed by atoms with Crippen LogP contribution in [0.1, 0.15) is 335 Å². The molecule has 0 rings (SSSR count). The Morgan fingerprint density at radius 3 is 0.750 bits per heavy atom. The highest BCUT2D eigenvalue weighted by atomic mass is 16.3. The maximum atomic E-state index is 12.4. The molecule has 0 saturated heterocycles. The number of carbonyl (C=O) groups excluding carboxylic acids is 1. The zero-order chi connectivity index (χ0) is 43.5. The summed E-state index contributed by atoms with van der Waals surface area (Å²) in [5.41, 5.74) is 0. The second-order valence-corrected chi connectivity index (χ2v) is 19.7. The normalized spacial score (nSPS) is 12.7. The van der Waals surface area contributed by atoms with Crippen LogP contribution in [0.5, 0.6) is 0 Å². The molecular weight excluding hydrogens is 735 g/mol. The Morgan fingerprint density at radius 2 is 0.533 bits per heavy atom. The summed E-state index contributed by atoms with van der Waals surface area (Å²) in [7, 11) is 0. The molecule has 360 valence electrons. The van der Waals surface area contributed by atoms with Gasteiger partial charge in [0.15, 0.2) is 0 Å².